The van der Waals surface area contributed by atoms with Crippen molar-refractivity contribution in [3.8, 4) is 0 Å². The van der Waals surface area contributed by atoms with Crippen molar-refractivity contribution in [3.05, 3.63) is 0 Å². The second-order valence-corrected chi connectivity index (χ2v) is 3.00. The van der Waals surface area contributed by atoms with Crippen LogP contribution in [0.2, 0.25) is 0 Å². The normalized spacial score (nSPS) is 14.4. The molecule has 0 spiro atoms. The third-order valence-electron chi connectivity index (χ3n) is 1.80. The average Bonchev–Trinajstić information content (AvgIpc) is 2.12. The Kier molecular flexibility index (Phi) is 6.69. The Bertz CT molecular complexity index is 186. The molecule has 14 heavy (non-hydrogen) atoms. The smallest absolute Gasteiger partial charge is 0.320 e. The molecule has 2 atom stereocenters. The van der Waals surface area contributed by atoms with E-state index >= 15 is 0 Å². The van der Waals surface area contributed by atoms with Crippen molar-refractivity contribution in [1.82, 2.24) is 0 Å². The maximum Gasteiger partial charge on any atom is 0.320 e. The number of aliphatic carboxylic acids is 1. The summed E-state index contributed by atoms with van der Waals surface area (Å²) < 4.78 is 4.45. The van der Waals surface area contributed by atoms with Crippen molar-refractivity contribution in [1.29, 1.82) is 0 Å². The molecular formula is C8H16N2O4. The van der Waals surface area contributed by atoms with Gasteiger partial charge in [-0.1, -0.05) is 6.42 Å². The Hall–Kier alpha value is -1.14. The van der Waals surface area contributed by atoms with E-state index in [4.69, 9.17) is 16.6 Å². The van der Waals surface area contributed by atoms with Gasteiger partial charge in [0, 0.05) is 0 Å². The lowest BCUT2D eigenvalue weighted by Crippen LogP contribution is -2.30. The van der Waals surface area contributed by atoms with Crippen LogP contribution in [0.3, 0.4) is 0 Å². The molecule has 0 saturated carbocycles. The molecule has 0 unspecified atom stereocenters. The van der Waals surface area contributed by atoms with Crippen LogP contribution in [0, 0.1) is 0 Å². The van der Waals surface area contributed by atoms with Gasteiger partial charge >= 0.3 is 5.97 Å². The van der Waals surface area contributed by atoms with Gasteiger partial charge in [-0.3, -0.25) is 15.3 Å². The number of hydrogen-bond acceptors (Lipinski definition) is 5. The summed E-state index contributed by atoms with van der Waals surface area (Å²) in [6.07, 6.45) is 1.67. The van der Waals surface area contributed by atoms with Crippen LogP contribution in [0.5, 0.6) is 0 Å². The lowest BCUT2D eigenvalue weighted by Gasteiger charge is -2.09. The van der Waals surface area contributed by atoms with Gasteiger partial charge in [-0.05, 0) is 19.3 Å². The van der Waals surface area contributed by atoms with Gasteiger partial charge in [-0.25, -0.2) is 0 Å². The molecule has 0 fully saturated rings. The molecule has 6 heteroatoms. The number of carbonyl (C=O) groups excluding carboxylic acids is 1. The number of hydrogen-bond donors (Lipinski definition) is 3. The van der Waals surface area contributed by atoms with Crippen molar-refractivity contribution in [2.45, 2.75) is 38.0 Å². The molecular weight excluding hydrogens is 188 g/mol. The molecule has 0 rings (SSSR count). The first kappa shape index (κ1) is 12.9. The minimum atomic E-state index is -1.00. The molecule has 0 aromatic rings. The highest BCUT2D eigenvalue weighted by molar-refractivity contribution is 5.72. The van der Waals surface area contributed by atoms with E-state index < -0.39 is 18.2 Å². The zero-order valence-electron chi connectivity index (χ0n) is 7.89. The van der Waals surface area contributed by atoms with Crippen LogP contribution in [-0.2, 0) is 14.3 Å². The van der Waals surface area contributed by atoms with Crippen LogP contribution in [-0.4, -0.2) is 29.8 Å². The van der Waals surface area contributed by atoms with Gasteiger partial charge in [0.05, 0.1) is 0 Å². The summed E-state index contributed by atoms with van der Waals surface area (Å²) in [7, 11) is 0. The van der Waals surface area contributed by atoms with E-state index in [2.05, 4.69) is 4.74 Å². The molecule has 82 valence electrons. The summed E-state index contributed by atoms with van der Waals surface area (Å²) in [6, 6.07) is -0.821. The topological polar surface area (TPSA) is 116 Å². The first-order valence-electron chi connectivity index (χ1n) is 4.41. The zero-order valence-corrected chi connectivity index (χ0v) is 7.89. The van der Waals surface area contributed by atoms with Crippen LogP contribution in [0.1, 0.15) is 25.7 Å². The van der Waals surface area contributed by atoms with Gasteiger partial charge < -0.3 is 15.6 Å². The molecule has 0 saturated heterocycles. The molecule has 0 amide bonds. The first-order valence-corrected chi connectivity index (χ1v) is 4.41. The van der Waals surface area contributed by atoms with E-state index in [-0.39, 0.29) is 0 Å². The fraction of sp³-hybridized carbons (Fsp3) is 0.750. The number of rotatable bonds is 8. The second kappa shape index (κ2) is 7.28. The van der Waals surface area contributed by atoms with Crippen LogP contribution in [0.25, 0.3) is 0 Å². The second-order valence-electron chi connectivity index (χ2n) is 3.00. The van der Waals surface area contributed by atoms with Crippen molar-refractivity contribution >= 4 is 12.4 Å². The van der Waals surface area contributed by atoms with Gasteiger partial charge in [-0.2, -0.15) is 0 Å². The highest BCUT2D eigenvalue weighted by atomic mass is 16.5. The van der Waals surface area contributed by atoms with Crippen LogP contribution in [0.15, 0.2) is 0 Å². The highest BCUT2D eigenvalue weighted by Crippen LogP contribution is 2.04. The fourth-order valence-corrected chi connectivity index (χ4v) is 0.973. The molecule has 0 aliphatic rings. The van der Waals surface area contributed by atoms with E-state index in [0.717, 1.165) is 0 Å². The quantitative estimate of drug-likeness (QED) is 0.276. The van der Waals surface area contributed by atoms with Gasteiger partial charge in [0.2, 0.25) is 0 Å². The van der Waals surface area contributed by atoms with E-state index in [9.17, 15) is 9.59 Å². The van der Waals surface area contributed by atoms with Gasteiger partial charge in [-0.15, -0.1) is 0 Å². The third-order valence-corrected chi connectivity index (χ3v) is 1.80. The van der Waals surface area contributed by atoms with E-state index in [1.54, 1.807) is 0 Å². The monoisotopic (exact) mass is 204 g/mol. The Balaban J connectivity index is 3.37. The number of ether oxygens (including phenoxy) is 1. The van der Waals surface area contributed by atoms with Crippen molar-refractivity contribution in [2.75, 3.05) is 0 Å². The summed E-state index contributed by atoms with van der Waals surface area (Å²) >= 11 is 0. The number of carboxylic acids is 1. The van der Waals surface area contributed by atoms with Crippen LogP contribution >= 0.6 is 0 Å². The SMILES string of the molecule is N[C@@H](CCCC[C@H](N)C(=O)O)OC=O. The third kappa shape index (κ3) is 6.38. The Morgan fingerprint density at radius 2 is 1.93 bits per heavy atom. The van der Waals surface area contributed by atoms with Gasteiger partial charge in [0.1, 0.15) is 6.04 Å². The lowest BCUT2D eigenvalue weighted by atomic mass is 10.1. The Morgan fingerprint density at radius 1 is 1.36 bits per heavy atom. The summed E-state index contributed by atoms with van der Waals surface area (Å²) in [5, 5.41) is 8.45. The average molecular weight is 204 g/mol. The highest BCUT2D eigenvalue weighted by Gasteiger charge is 2.10. The number of carboxylic acid groups (broad SMARTS) is 1. The molecule has 0 radical (unpaired) electrons. The van der Waals surface area contributed by atoms with Crippen LogP contribution < -0.4 is 11.5 Å². The predicted octanol–water partition coefficient (Wildman–Crippen LogP) is -0.583. The molecule has 6 nitrogen and oxygen atoms in total. The lowest BCUT2D eigenvalue weighted by molar-refractivity contribution is -0.138. The van der Waals surface area contributed by atoms with E-state index in [1.165, 1.54) is 0 Å². The van der Waals surface area contributed by atoms with Crippen LogP contribution in [0.4, 0.5) is 0 Å². The minimum absolute atomic E-state index is 0.299. The molecule has 0 aliphatic carbocycles. The number of carbonyl (C=O) groups is 2. The molecule has 0 heterocycles. The number of nitrogens with two attached hydrogens (primary N) is 2. The largest absolute Gasteiger partial charge is 0.480 e. The zero-order chi connectivity index (χ0) is 11.0. The summed E-state index contributed by atoms with van der Waals surface area (Å²) in [6.45, 7) is 0.299. The van der Waals surface area contributed by atoms with E-state index in [1.807, 2.05) is 0 Å². The summed E-state index contributed by atoms with van der Waals surface area (Å²) in [4.78, 5) is 20.2. The molecule has 0 bridgehead atoms. The van der Waals surface area contributed by atoms with Crippen molar-refractivity contribution < 1.29 is 19.4 Å². The molecule has 0 aromatic heterocycles. The van der Waals surface area contributed by atoms with Gasteiger partial charge in [0.25, 0.3) is 6.47 Å². The molecule has 0 aliphatic heterocycles. The minimum Gasteiger partial charge on any atom is -0.480 e. The summed E-state index contributed by atoms with van der Waals surface area (Å²) in [5.41, 5.74) is 10.6. The fourth-order valence-electron chi connectivity index (χ4n) is 0.973. The summed E-state index contributed by atoms with van der Waals surface area (Å²) in [5.74, 6) is -1.00. The van der Waals surface area contributed by atoms with E-state index in [0.29, 0.717) is 32.2 Å². The standard InChI is InChI=1S/C8H16N2O4/c9-6(8(12)13)3-1-2-4-7(10)14-5-11/h5-7H,1-4,9-10H2,(H,12,13)/t6-,7+/m0/s1. The maximum absolute atomic E-state index is 10.3. The van der Waals surface area contributed by atoms with Gasteiger partial charge in [0.15, 0.2) is 6.23 Å². The Labute approximate surface area is 82.2 Å². The first-order chi connectivity index (χ1) is 6.57. The van der Waals surface area contributed by atoms with Crippen molar-refractivity contribution in [3.63, 3.8) is 0 Å². The molecule has 0 aromatic carbocycles. The molecule has 5 N–H and O–H groups in total. The maximum atomic E-state index is 10.3. The predicted molar refractivity (Wildman–Crippen MR) is 49.2 cm³/mol. The Morgan fingerprint density at radius 3 is 2.43 bits per heavy atom. The number of unbranched alkanes of at least 4 members (excludes halogenated alkanes) is 1. The van der Waals surface area contributed by atoms with Crippen molar-refractivity contribution in [2.24, 2.45) is 11.5 Å².